The van der Waals surface area contributed by atoms with Crippen LogP contribution in [0.1, 0.15) is 38.8 Å². The molecule has 1 aromatic rings. The zero-order valence-electron chi connectivity index (χ0n) is 11.7. The maximum atomic E-state index is 11.3. The van der Waals surface area contributed by atoms with Crippen LogP contribution < -0.4 is 5.32 Å². The van der Waals surface area contributed by atoms with E-state index in [9.17, 15) is 9.90 Å². The lowest BCUT2D eigenvalue weighted by atomic mass is 9.95. The van der Waals surface area contributed by atoms with Crippen LogP contribution in [0.5, 0.6) is 0 Å². The molecule has 0 amide bonds. The van der Waals surface area contributed by atoms with E-state index in [-0.39, 0.29) is 0 Å². The van der Waals surface area contributed by atoms with Gasteiger partial charge in [0.05, 0.1) is 10.7 Å². The maximum Gasteiger partial charge on any atom is 0.323 e. The number of carbonyl (C=O) groups is 1. The van der Waals surface area contributed by atoms with Crippen LogP contribution in [0.3, 0.4) is 0 Å². The smallest absolute Gasteiger partial charge is 0.323 e. The van der Waals surface area contributed by atoms with Crippen molar-refractivity contribution in [1.82, 2.24) is 15.1 Å². The average molecular weight is 288 g/mol. The molecule has 5 nitrogen and oxygen atoms in total. The molecule has 2 N–H and O–H groups in total. The molecule has 1 atom stereocenters. The van der Waals surface area contributed by atoms with Gasteiger partial charge < -0.3 is 10.4 Å². The number of carboxylic acids is 1. The van der Waals surface area contributed by atoms with Gasteiger partial charge in [0.2, 0.25) is 0 Å². The first-order valence-corrected chi connectivity index (χ1v) is 6.95. The van der Waals surface area contributed by atoms with Gasteiger partial charge in [-0.15, -0.1) is 0 Å². The van der Waals surface area contributed by atoms with E-state index in [1.807, 2.05) is 13.8 Å². The Kier molecular flexibility index (Phi) is 5.82. The van der Waals surface area contributed by atoms with E-state index >= 15 is 0 Å². The predicted molar refractivity (Wildman–Crippen MR) is 75.5 cm³/mol. The van der Waals surface area contributed by atoms with Crippen molar-refractivity contribution < 1.29 is 9.90 Å². The molecule has 0 saturated heterocycles. The van der Waals surface area contributed by atoms with Crippen LogP contribution in [0.15, 0.2) is 6.20 Å². The summed E-state index contributed by atoms with van der Waals surface area (Å²) in [5.41, 5.74) is -0.0751. The molecule has 0 aliphatic rings. The summed E-state index contributed by atoms with van der Waals surface area (Å²) < 4.78 is 1.76. The Morgan fingerprint density at radius 3 is 2.79 bits per heavy atom. The molecule has 0 spiro atoms. The van der Waals surface area contributed by atoms with Crippen molar-refractivity contribution in [2.45, 2.75) is 52.1 Å². The highest BCUT2D eigenvalue weighted by Gasteiger charge is 2.31. The maximum absolute atomic E-state index is 11.3. The Morgan fingerprint density at radius 1 is 1.63 bits per heavy atom. The summed E-state index contributed by atoms with van der Waals surface area (Å²) in [4.78, 5) is 11.3. The molecule has 108 valence electrons. The van der Waals surface area contributed by atoms with Crippen molar-refractivity contribution in [3.63, 3.8) is 0 Å². The van der Waals surface area contributed by atoms with Crippen LogP contribution in [0.2, 0.25) is 5.02 Å². The van der Waals surface area contributed by atoms with Crippen LogP contribution in [-0.4, -0.2) is 32.9 Å². The first-order chi connectivity index (χ1) is 8.89. The SMILES string of the molecule is CCCNC(C)(CCCn1cc(Cl)c(C)n1)C(=O)O. The molecule has 1 aromatic heterocycles. The minimum absolute atomic E-state index is 0.554. The predicted octanol–water partition coefficient (Wildman–Crippen LogP) is 2.47. The molecule has 1 unspecified atom stereocenters. The van der Waals surface area contributed by atoms with Crippen molar-refractivity contribution in [3.8, 4) is 0 Å². The number of halogens is 1. The number of rotatable bonds is 8. The lowest BCUT2D eigenvalue weighted by Gasteiger charge is -2.26. The van der Waals surface area contributed by atoms with E-state index in [0.717, 1.165) is 18.5 Å². The van der Waals surface area contributed by atoms with E-state index in [4.69, 9.17) is 11.6 Å². The van der Waals surface area contributed by atoms with Gasteiger partial charge >= 0.3 is 5.97 Å². The molecule has 0 aliphatic carbocycles. The topological polar surface area (TPSA) is 67.2 Å². The number of aliphatic carboxylic acids is 1. The molecule has 1 heterocycles. The minimum atomic E-state index is -0.873. The Balaban J connectivity index is 2.50. The number of aryl methyl sites for hydroxylation is 2. The monoisotopic (exact) mass is 287 g/mol. The van der Waals surface area contributed by atoms with Crippen LogP contribution >= 0.6 is 11.6 Å². The standard InChI is InChI=1S/C13H22ClN3O2/c1-4-7-15-13(3,12(18)19)6-5-8-17-9-11(14)10(2)16-17/h9,15H,4-8H2,1-3H3,(H,18,19). The number of hydrogen-bond acceptors (Lipinski definition) is 3. The third-order valence-electron chi connectivity index (χ3n) is 3.19. The van der Waals surface area contributed by atoms with Crippen LogP contribution in [0.4, 0.5) is 0 Å². The number of nitrogens with zero attached hydrogens (tertiary/aromatic N) is 2. The summed E-state index contributed by atoms with van der Waals surface area (Å²) in [5, 5.41) is 17.3. The van der Waals surface area contributed by atoms with E-state index < -0.39 is 11.5 Å². The summed E-state index contributed by atoms with van der Waals surface area (Å²) >= 11 is 5.93. The minimum Gasteiger partial charge on any atom is -0.480 e. The van der Waals surface area contributed by atoms with Crippen molar-refractivity contribution in [2.24, 2.45) is 0 Å². The first kappa shape index (κ1) is 16.0. The van der Waals surface area contributed by atoms with Gasteiger partial charge in [0.1, 0.15) is 5.54 Å². The fraction of sp³-hybridized carbons (Fsp3) is 0.692. The highest BCUT2D eigenvalue weighted by Crippen LogP contribution is 2.16. The Bertz CT molecular complexity index is 414. The second-order valence-corrected chi connectivity index (χ2v) is 5.40. The molecule has 0 aromatic carbocycles. The highest BCUT2D eigenvalue weighted by molar-refractivity contribution is 6.31. The lowest BCUT2D eigenvalue weighted by molar-refractivity contribution is -0.144. The first-order valence-electron chi connectivity index (χ1n) is 6.57. The molecule has 1 rings (SSSR count). The second-order valence-electron chi connectivity index (χ2n) is 4.99. The van der Waals surface area contributed by atoms with Gasteiger partial charge in [-0.05, 0) is 39.7 Å². The van der Waals surface area contributed by atoms with Gasteiger partial charge in [0.25, 0.3) is 0 Å². The fourth-order valence-corrected chi connectivity index (χ4v) is 2.02. The number of nitrogens with one attached hydrogen (secondary N) is 1. The number of carboxylic acid groups (broad SMARTS) is 1. The summed E-state index contributed by atoms with van der Waals surface area (Å²) in [7, 11) is 0. The van der Waals surface area contributed by atoms with Crippen LogP contribution in [0.25, 0.3) is 0 Å². The highest BCUT2D eigenvalue weighted by atomic mass is 35.5. The van der Waals surface area contributed by atoms with Gasteiger partial charge in [-0.1, -0.05) is 18.5 Å². The summed E-state index contributed by atoms with van der Waals surface area (Å²) in [6.07, 6.45) is 3.97. The summed E-state index contributed by atoms with van der Waals surface area (Å²) in [5.74, 6) is -0.810. The molecule has 0 aliphatic heterocycles. The van der Waals surface area contributed by atoms with Gasteiger partial charge in [0, 0.05) is 12.7 Å². The van der Waals surface area contributed by atoms with Crippen molar-refractivity contribution in [2.75, 3.05) is 6.54 Å². The lowest BCUT2D eigenvalue weighted by Crippen LogP contribution is -2.49. The fourth-order valence-electron chi connectivity index (χ4n) is 1.87. The third kappa shape index (κ3) is 4.51. The number of aromatic nitrogens is 2. The average Bonchev–Trinajstić information content (AvgIpc) is 2.66. The van der Waals surface area contributed by atoms with Crippen molar-refractivity contribution in [1.29, 1.82) is 0 Å². The molecular formula is C13H22ClN3O2. The van der Waals surface area contributed by atoms with Gasteiger partial charge in [-0.2, -0.15) is 5.10 Å². The van der Waals surface area contributed by atoms with Gasteiger partial charge in [-0.3, -0.25) is 9.48 Å². The molecule has 0 fully saturated rings. The Labute approximate surface area is 118 Å². The van der Waals surface area contributed by atoms with E-state index in [1.165, 1.54) is 0 Å². The third-order valence-corrected chi connectivity index (χ3v) is 3.56. The van der Waals surface area contributed by atoms with Crippen LogP contribution in [0, 0.1) is 6.92 Å². The largest absolute Gasteiger partial charge is 0.480 e. The Morgan fingerprint density at radius 2 is 2.32 bits per heavy atom. The zero-order chi connectivity index (χ0) is 14.5. The molecule has 19 heavy (non-hydrogen) atoms. The molecule has 0 bridgehead atoms. The van der Waals surface area contributed by atoms with Crippen molar-refractivity contribution >= 4 is 17.6 Å². The summed E-state index contributed by atoms with van der Waals surface area (Å²) in [6, 6.07) is 0. The van der Waals surface area contributed by atoms with E-state index in [2.05, 4.69) is 10.4 Å². The molecule has 0 radical (unpaired) electrons. The normalized spacial score (nSPS) is 14.3. The van der Waals surface area contributed by atoms with Crippen molar-refractivity contribution in [3.05, 3.63) is 16.9 Å². The summed E-state index contributed by atoms with van der Waals surface area (Å²) in [6.45, 7) is 6.97. The molecule has 6 heteroatoms. The Hall–Kier alpha value is -1.07. The number of hydrogen-bond donors (Lipinski definition) is 2. The quantitative estimate of drug-likeness (QED) is 0.771. The van der Waals surface area contributed by atoms with Gasteiger partial charge in [0.15, 0.2) is 0 Å². The van der Waals surface area contributed by atoms with Crippen LogP contribution in [-0.2, 0) is 11.3 Å². The zero-order valence-corrected chi connectivity index (χ0v) is 12.5. The van der Waals surface area contributed by atoms with E-state index in [0.29, 0.717) is 24.5 Å². The van der Waals surface area contributed by atoms with Gasteiger partial charge in [-0.25, -0.2) is 0 Å². The molecular weight excluding hydrogens is 266 g/mol. The molecule has 0 saturated carbocycles. The second kappa shape index (κ2) is 6.91. The van der Waals surface area contributed by atoms with E-state index in [1.54, 1.807) is 17.8 Å².